The fraction of sp³-hybridized carbons (Fsp3) is 0.312. The van der Waals surface area contributed by atoms with Crippen molar-refractivity contribution in [1.29, 1.82) is 0 Å². The molecule has 1 heterocycles. The molecule has 1 N–H and O–H groups in total. The number of hydrogen-bond donors (Lipinski definition) is 1. The third kappa shape index (κ3) is 4.09. The zero-order valence-electron chi connectivity index (χ0n) is 15.0. The number of carbonyl (C=O) groups excluding carboxylic acids is 2. The predicted octanol–water partition coefficient (Wildman–Crippen LogP) is 0.287. The molecular weight excluding hydrogens is 380 g/mol. The number of carboxylic acids is 1. The number of ether oxygens (including phenoxy) is 2. The molecule has 0 aliphatic rings. The molecule has 0 fully saturated rings. The fourth-order valence-electron chi connectivity index (χ4n) is 2.57. The van der Waals surface area contributed by atoms with Crippen LogP contribution in [0.15, 0.2) is 18.2 Å². The summed E-state index contributed by atoms with van der Waals surface area (Å²) in [5.41, 5.74) is 0.0456. The van der Waals surface area contributed by atoms with Crippen LogP contribution in [-0.4, -0.2) is 67.8 Å². The molecule has 2 rings (SSSR count). The van der Waals surface area contributed by atoms with Crippen molar-refractivity contribution < 1.29 is 37.4 Å². The van der Waals surface area contributed by atoms with Gasteiger partial charge in [-0.25, -0.2) is 26.8 Å². The Labute approximate surface area is 154 Å². The first-order chi connectivity index (χ1) is 12.5. The van der Waals surface area contributed by atoms with Crippen LogP contribution < -0.4 is 4.74 Å². The van der Waals surface area contributed by atoms with Crippen molar-refractivity contribution in [3.05, 3.63) is 29.5 Å². The molecule has 0 spiro atoms. The SMILES string of the molecule is COC(=O)C(=O)Oc1c(CN(C)C)n(S(C)(=O)=O)c2ccc(C(=O)O)cc12. The smallest absolute Gasteiger partial charge is 0.422 e. The van der Waals surface area contributed by atoms with E-state index in [2.05, 4.69) is 4.74 Å². The monoisotopic (exact) mass is 398 g/mol. The van der Waals surface area contributed by atoms with Crippen molar-refractivity contribution in [2.75, 3.05) is 27.5 Å². The number of nitrogens with zero attached hydrogens (tertiary/aromatic N) is 2. The number of methoxy groups -OCH3 is 1. The summed E-state index contributed by atoms with van der Waals surface area (Å²) in [5.74, 6) is -4.10. The van der Waals surface area contributed by atoms with Crippen LogP contribution >= 0.6 is 0 Å². The topological polar surface area (TPSA) is 132 Å². The summed E-state index contributed by atoms with van der Waals surface area (Å²) in [7, 11) is 0.479. The molecule has 10 nitrogen and oxygen atoms in total. The number of fused-ring (bicyclic) bond motifs is 1. The lowest BCUT2D eigenvalue weighted by molar-refractivity contribution is -0.160. The Kier molecular flexibility index (Phi) is 5.56. The molecule has 0 atom stereocenters. The summed E-state index contributed by atoms with van der Waals surface area (Å²) in [6.45, 7) is 0.0357. The lowest BCUT2D eigenvalue weighted by Crippen LogP contribution is -2.24. The lowest BCUT2D eigenvalue weighted by Gasteiger charge is -2.14. The number of carboxylic acid groups (broad SMARTS) is 1. The van der Waals surface area contributed by atoms with Crippen LogP contribution in [0, 0.1) is 0 Å². The van der Waals surface area contributed by atoms with Gasteiger partial charge in [0.05, 0.1) is 30.1 Å². The molecule has 0 radical (unpaired) electrons. The standard InChI is InChI=1S/C16H18N2O8S/c1-17(2)8-12-13(26-16(22)15(21)25-3)10-7-9(14(19)20)5-6-11(10)18(12)27(4,23)24/h5-7H,8H2,1-4H3,(H,19,20). The van der Waals surface area contributed by atoms with Gasteiger partial charge in [-0.05, 0) is 32.3 Å². The Morgan fingerprint density at radius 2 is 1.81 bits per heavy atom. The van der Waals surface area contributed by atoms with Gasteiger partial charge in [0.15, 0.2) is 5.75 Å². The molecule has 27 heavy (non-hydrogen) atoms. The van der Waals surface area contributed by atoms with Crippen LogP contribution in [0.3, 0.4) is 0 Å². The maximum Gasteiger partial charge on any atom is 0.422 e. The Morgan fingerprint density at radius 3 is 2.30 bits per heavy atom. The number of carbonyl (C=O) groups is 3. The van der Waals surface area contributed by atoms with Gasteiger partial charge in [-0.1, -0.05) is 0 Å². The molecule has 146 valence electrons. The molecule has 1 aromatic heterocycles. The quantitative estimate of drug-likeness (QED) is 0.557. The molecule has 0 saturated carbocycles. The molecule has 0 aliphatic carbocycles. The minimum absolute atomic E-state index is 0.0357. The van der Waals surface area contributed by atoms with Gasteiger partial charge in [0.1, 0.15) is 0 Å². The fourth-order valence-corrected chi connectivity index (χ4v) is 3.62. The first kappa shape index (κ1) is 20.4. The van der Waals surface area contributed by atoms with Crippen molar-refractivity contribution in [2.24, 2.45) is 0 Å². The molecule has 1 aromatic carbocycles. The van der Waals surface area contributed by atoms with E-state index >= 15 is 0 Å². The van der Waals surface area contributed by atoms with Crippen molar-refractivity contribution in [3.63, 3.8) is 0 Å². The molecule has 2 aromatic rings. The van der Waals surface area contributed by atoms with Gasteiger partial charge >= 0.3 is 17.9 Å². The maximum atomic E-state index is 12.4. The van der Waals surface area contributed by atoms with Gasteiger partial charge in [0.2, 0.25) is 10.0 Å². The number of hydrogen-bond acceptors (Lipinski definition) is 8. The summed E-state index contributed by atoms with van der Waals surface area (Å²) in [4.78, 5) is 36.3. The van der Waals surface area contributed by atoms with Crippen LogP contribution in [0.2, 0.25) is 0 Å². The maximum absolute atomic E-state index is 12.4. The van der Waals surface area contributed by atoms with E-state index in [1.165, 1.54) is 18.2 Å². The summed E-state index contributed by atoms with van der Waals surface area (Å²) in [6.07, 6.45) is 0.961. The van der Waals surface area contributed by atoms with Crippen LogP contribution in [0.5, 0.6) is 5.75 Å². The van der Waals surface area contributed by atoms with Crippen molar-refractivity contribution >= 4 is 38.8 Å². The van der Waals surface area contributed by atoms with Gasteiger partial charge in [-0.15, -0.1) is 0 Å². The number of benzene rings is 1. The minimum Gasteiger partial charge on any atom is -0.478 e. The molecule has 0 amide bonds. The highest BCUT2D eigenvalue weighted by Gasteiger charge is 2.28. The van der Waals surface area contributed by atoms with Crippen molar-refractivity contribution in [2.45, 2.75) is 6.54 Å². The van der Waals surface area contributed by atoms with Gasteiger partial charge in [-0.3, -0.25) is 0 Å². The second-order valence-corrected chi connectivity index (χ2v) is 7.79. The van der Waals surface area contributed by atoms with Crippen molar-refractivity contribution in [1.82, 2.24) is 8.87 Å². The molecule has 0 aliphatic heterocycles. The lowest BCUT2D eigenvalue weighted by atomic mass is 10.1. The molecular formula is C16H18N2O8S. The zero-order valence-corrected chi connectivity index (χ0v) is 15.9. The average Bonchev–Trinajstić information content (AvgIpc) is 2.86. The van der Waals surface area contributed by atoms with Gasteiger partial charge in [-0.2, -0.15) is 0 Å². The first-order valence-corrected chi connectivity index (χ1v) is 9.38. The number of rotatable bonds is 5. The van der Waals surface area contributed by atoms with Gasteiger partial charge in [0, 0.05) is 11.9 Å². The Bertz CT molecular complexity index is 1040. The minimum atomic E-state index is -3.84. The molecule has 0 unspecified atom stereocenters. The van der Waals surface area contributed by atoms with E-state index in [4.69, 9.17) is 4.74 Å². The van der Waals surface area contributed by atoms with E-state index in [0.29, 0.717) is 0 Å². The normalized spacial score (nSPS) is 11.6. The van der Waals surface area contributed by atoms with Gasteiger partial charge < -0.3 is 19.5 Å². The van der Waals surface area contributed by atoms with E-state index in [-0.39, 0.29) is 34.5 Å². The number of aromatic carboxylic acids is 1. The van der Waals surface area contributed by atoms with E-state index in [1.807, 2.05) is 0 Å². The highest BCUT2D eigenvalue weighted by atomic mass is 32.2. The Morgan fingerprint density at radius 1 is 1.19 bits per heavy atom. The summed E-state index contributed by atoms with van der Waals surface area (Å²) in [6, 6.07) is 3.71. The van der Waals surface area contributed by atoms with E-state index in [9.17, 15) is 27.9 Å². The third-order valence-corrected chi connectivity index (χ3v) is 4.64. The number of aromatic nitrogens is 1. The van der Waals surface area contributed by atoms with E-state index in [0.717, 1.165) is 17.3 Å². The average molecular weight is 398 g/mol. The summed E-state index contributed by atoms with van der Waals surface area (Å²) in [5, 5.41) is 9.27. The molecule has 0 saturated heterocycles. The molecule has 11 heteroatoms. The van der Waals surface area contributed by atoms with Crippen LogP contribution in [-0.2, 0) is 30.9 Å². The number of esters is 2. The highest BCUT2D eigenvalue weighted by molar-refractivity contribution is 7.89. The third-order valence-electron chi connectivity index (χ3n) is 3.56. The summed E-state index contributed by atoms with van der Waals surface area (Å²) < 4.78 is 35.1. The predicted molar refractivity (Wildman–Crippen MR) is 94.2 cm³/mol. The zero-order chi connectivity index (χ0) is 20.5. The summed E-state index contributed by atoms with van der Waals surface area (Å²) >= 11 is 0. The van der Waals surface area contributed by atoms with Crippen LogP contribution in [0.4, 0.5) is 0 Å². The van der Waals surface area contributed by atoms with Crippen molar-refractivity contribution in [3.8, 4) is 5.75 Å². The van der Waals surface area contributed by atoms with E-state index in [1.54, 1.807) is 19.0 Å². The largest absolute Gasteiger partial charge is 0.478 e. The van der Waals surface area contributed by atoms with Crippen LogP contribution in [0.25, 0.3) is 10.9 Å². The van der Waals surface area contributed by atoms with E-state index < -0.39 is 27.9 Å². The van der Waals surface area contributed by atoms with Crippen LogP contribution in [0.1, 0.15) is 16.1 Å². The van der Waals surface area contributed by atoms with Gasteiger partial charge in [0.25, 0.3) is 0 Å². The molecule has 0 bridgehead atoms. The highest BCUT2D eigenvalue weighted by Crippen LogP contribution is 2.36. The first-order valence-electron chi connectivity index (χ1n) is 7.53. The second-order valence-electron chi connectivity index (χ2n) is 5.96. The Hall–Kier alpha value is -2.92. The second kappa shape index (κ2) is 7.37. The Balaban J connectivity index is 2.88.